The van der Waals surface area contributed by atoms with Gasteiger partial charge < -0.3 is 10.6 Å². The third-order valence-corrected chi connectivity index (χ3v) is 1.92. The molecule has 0 aliphatic carbocycles. The summed E-state index contributed by atoms with van der Waals surface area (Å²) in [6.07, 6.45) is 0.561. The van der Waals surface area contributed by atoms with Crippen LogP contribution in [-0.4, -0.2) is 38.4 Å². The second-order valence-electron chi connectivity index (χ2n) is 2.88. The maximum absolute atomic E-state index is 5.12. The molecule has 0 aromatic heterocycles. The predicted octanol–water partition coefficient (Wildman–Crippen LogP) is -1.62. The first-order chi connectivity index (χ1) is 5.45. The van der Waals surface area contributed by atoms with Crippen LogP contribution in [0.3, 0.4) is 0 Å². The Balaban J connectivity index is 1.46. The summed E-state index contributed by atoms with van der Waals surface area (Å²) >= 11 is 0. The fourth-order valence-corrected chi connectivity index (χ4v) is 0.855. The lowest BCUT2D eigenvalue weighted by Gasteiger charge is -2.30. The molecule has 2 heterocycles. The molecule has 0 bridgehead atoms. The van der Waals surface area contributed by atoms with Crippen LogP contribution in [0, 0.1) is 0 Å². The van der Waals surface area contributed by atoms with Gasteiger partial charge in [-0.2, -0.15) is 0 Å². The minimum atomic E-state index is 0.281. The van der Waals surface area contributed by atoms with Crippen LogP contribution >= 0.6 is 0 Å². The highest BCUT2D eigenvalue weighted by molar-refractivity contribution is 4.74. The molecule has 2 saturated heterocycles. The van der Waals surface area contributed by atoms with E-state index in [-0.39, 0.29) is 12.2 Å². The monoisotopic (exact) mass is 159 g/mol. The van der Waals surface area contributed by atoms with Gasteiger partial charge in [0, 0.05) is 26.2 Å². The summed E-state index contributed by atoms with van der Waals surface area (Å²) in [5, 5.41) is 6.19. The number of hydrogen-bond donors (Lipinski definition) is 3. The molecule has 0 spiro atoms. The maximum Gasteiger partial charge on any atom is 0.106 e. The average Bonchev–Trinajstić information content (AvgIpc) is 1.79. The van der Waals surface area contributed by atoms with E-state index in [4.69, 9.17) is 9.68 Å². The summed E-state index contributed by atoms with van der Waals surface area (Å²) < 4.78 is 0. The van der Waals surface area contributed by atoms with E-state index >= 15 is 0 Å². The molecule has 2 aliphatic rings. The highest BCUT2D eigenvalue weighted by atomic mass is 16.9. The fourth-order valence-electron chi connectivity index (χ4n) is 0.855. The van der Waals surface area contributed by atoms with Gasteiger partial charge in [-0.25, -0.2) is 0 Å². The standard InChI is InChI=1S/C6H13N3O2/c1-5(2-7-1)10-9-11-6-3-8-4-6/h5-9H,1-4H2. The molecule has 0 radical (unpaired) electrons. The number of nitrogens with one attached hydrogen (secondary N) is 3. The molecule has 11 heavy (non-hydrogen) atoms. The van der Waals surface area contributed by atoms with Crippen molar-refractivity contribution in [3.05, 3.63) is 0 Å². The van der Waals surface area contributed by atoms with Crippen LogP contribution in [0.2, 0.25) is 0 Å². The van der Waals surface area contributed by atoms with Crippen LogP contribution in [-0.2, 0) is 9.68 Å². The Morgan fingerprint density at radius 1 is 0.909 bits per heavy atom. The van der Waals surface area contributed by atoms with Gasteiger partial charge in [-0.05, 0) is 0 Å². The molecule has 0 aromatic carbocycles. The Bertz CT molecular complexity index is 111. The molecular weight excluding hydrogens is 146 g/mol. The second-order valence-corrected chi connectivity index (χ2v) is 2.88. The molecule has 0 saturated carbocycles. The van der Waals surface area contributed by atoms with Gasteiger partial charge in [0.05, 0.1) is 0 Å². The molecule has 64 valence electrons. The molecule has 0 unspecified atom stereocenters. The molecule has 2 rings (SSSR count). The highest BCUT2D eigenvalue weighted by Gasteiger charge is 2.20. The molecule has 3 N–H and O–H groups in total. The zero-order valence-corrected chi connectivity index (χ0v) is 6.30. The van der Waals surface area contributed by atoms with E-state index < -0.39 is 0 Å². The minimum Gasteiger partial charge on any atom is -0.311 e. The smallest absolute Gasteiger partial charge is 0.106 e. The first-order valence-electron chi connectivity index (χ1n) is 3.93. The third kappa shape index (κ3) is 1.88. The SMILES string of the molecule is C1NCC1ONOC1CNC1. The van der Waals surface area contributed by atoms with Crippen molar-refractivity contribution < 1.29 is 9.68 Å². The predicted molar refractivity (Wildman–Crippen MR) is 38.6 cm³/mol. The summed E-state index contributed by atoms with van der Waals surface area (Å²) in [4.78, 5) is 10.2. The van der Waals surface area contributed by atoms with Crippen LogP contribution in [0.4, 0.5) is 0 Å². The van der Waals surface area contributed by atoms with Crippen molar-refractivity contribution in [2.45, 2.75) is 12.2 Å². The van der Waals surface area contributed by atoms with Crippen LogP contribution in [0.15, 0.2) is 0 Å². The Morgan fingerprint density at radius 2 is 1.36 bits per heavy atom. The van der Waals surface area contributed by atoms with E-state index in [0.717, 1.165) is 26.2 Å². The normalized spacial score (nSPS) is 26.2. The zero-order valence-electron chi connectivity index (χ0n) is 6.30. The van der Waals surface area contributed by atoms with E-state index in [2.05, 4.69) is 16.3 Å². The van der Waals surface area contributed by atoms with Gasteiger partial charge >= 0.3 is 0 Å². The highest BCUT2D eigenvalue weighted by Crippen LogP contribution is 1.98. The van der Waals surface area contributed by atoms with Gasteiger partial charge in [-0.1, -0.05) is 5.64 Å². The Labute approximate surface area is 65.3 Å². The van der Waals surface area contributed by atoms with Crippen molar-refractivity contribution in [2.24, 2.45) is 0 Å². The van der Waals surface area contributed by atoms with Crippen molar-refractivity contribution in [1.29, 1.82) is 0 Å². The molecule has 5 nitrogen and oxygen atoms in total. The van der Waals surface area contributed by atoms with Gasteiger partial charge in [0.25, 0.3) is 0 Å². The number of hydrogen-bond acceptors (Lipinski definition) is 5. The van der Waals surface area contributed by atoms with E-state index in [1.165, 1.54) is 0 Å². The van der Waals surface area contributed by atoms with Gasteiger partial charge in [0.1, 0.15) is 12.2 Å². The first-order valence-corrected chi connectivity index (χ1v) is 3.93. The third-order valence-electron chi connectivity index (χ3n) is 1.92. The Kier molecular flexibility index (Phi) is 2.35. The van der Waals surface area contributed by atoms with Crippen molar-refractivity contribution in [3.63, 3.8) is 0 Å². The van der Waals surface area contributed by atoms with Crippen LogP contribution in [0.1, 0.15) is 0 Å². The molecule has 2 fully saturated rings. The van der Waals surface area contributed by atoms with E-state index in [1.807, 2.05) is 0 Å². The van der Waals surface area contributed by atoms with Gasteiger partial charge in [-0.15, -0.1) is 0 Å². The zero-order chi connectivity index (χ0) is 7.52. The lowest BCUT2D eigenvalue weighted by atomic mass is 10.2. The molecule has 0 aromatic rings. The van der Waals surface area contributed by atoms with Crippen molar-refractivity contribution >= 4 is 0 Å². The summed E-state index contributed by atoms with van der Waals surface area (Å²) in [5.41, 5.74) is 2.51. The Hall–Kier alpha value is -0.200. The first kappa shape index (κ1) is 7.45. The van der Waals surface area contributed by atoms with Crippen molar-refractivity contribution in [3.8, 4) is 0 Å². The molecular formula is C6H13N3O2. The minimum absolute atomic E-state index is 0.281. The topological polar surface area (TPSA) is 54.5 Å². The van der Waals surface area contributed by atoms with E-state index in [9.17, 15) is 0 Å². The fraction of sp³-hybridized carbons (Fsp3) is 1.00. The molecule has 5 heteroatoms. The summed E-state index contributed by atoms with van der Waals surface area (Å²) in [5.74, 6) is 0. The maximum atomic E-state index is 5.12. The largest absolute Gasteiger partial charge is 0.311 e. The summed E-state index contributed by atoms with van der Waals surface area (Å²) in [7, 11) is 0. The Morgan fingerprint density at radius 3 is 1.64 bits per heavy atom. The average molecular weight is 159 g/mol. The molecule has 0 atom stereocenters. The lowest BCUT2D eigenvalue weighted by molar-refractivity contribution is -0.235. The quantitative estimate of drug-likeness (QED) is 0.431. The summed E-state index contributed by atoms with van der Waals surface area (Å²) in [6.45, 7) is 3.66. The molecule has 0 amide bonds. The van der Waals surface area contributed by atoms with Crippen LogP contribution < -0.4 is 16.3 Å². The lowest BCUT2D eigenvalue weighted by Crippen LogP contribution is -2.54. The van der Waals surface area contributed by atoms with Gasteiger partial charge in [0.15, 0.2) is 0 Å². The summed E-state index contributed by atoms with van der Waals surface area (Å²) in [6, 6.07) is 0. The number of rotatable bonds is 4. The van der Waals surface area contributed by atoms with Gasteiger partial charge in [0.2, 0.25) is 0 Å². The van der Waals surface area contributed by atoms with Crippen LogP contribution in [0.5, 0.6) is 0 Å². The van der Waals surface area contributed by atoms with E-state index in [0.29, 0.717) is 0 Å². The van der Waals surface area contributed by atoms with E-state index in [1.54, 1.807) is 0 Å². The van der Waals surface area contributed by atoms with Gasteiger partial charge in [-0.3, -0.25) is 9.68 Å². The van der Waals surface area contributed by atoms with Crippen LogP contribution in [0.25, 0.3) is 0 Å². The van der Waals surface area contributed by atoms with Crippen molar-refractivity contribution in [1.82, 2.24) is 16.3 Å². The second kappa shape index (κ2) is 3.46. The van der Waals surface area contributed by atoms with Crippen molar-refractivity contribution in [2.75, 3.05) is 26.2 Å². The molecule has 2 aliphatic heterocycles.